The first kappa shape index (κ1) is 25.0. The molecule has 36 heavy (non-hydrogen) atoms. The largest absolute Gasteiger partial charge is 0.491 e. The summed E-state index contributed by atoms with van der Waals surface area (Å²) in [6.07, 6.45) is 5.53. The molecule has 0 spiro atoms. The summed E-state index contributed by atoms with van der Waals surface area (Å²) in [5, 5.41) is 7.90. The van der Waals surface area contributed by atoms with Crippen molar-refractivity contribution in [3.8, 4) is 5.75 Å². The van der Waals surface area contributed by atoms with Crippen LogP contribution in [-0.4, -0.2) is 82.7 Å². The Morgan fingerprint density at radius 3 is 2.56 bits per heavy atom. The molecule has 0 saturated carbocycles. The van der Waals surface area contributed by atoms with Crippen LogP contribution in [-0.2, 0) is 10.0 Å². The van der Waals surface area contributed by atoms with Crippen LogP contribution in [0.5, 0.6) is 5.75 Å². The first-order valence-corrected chi connectivity index (χ1v) is 14.4. The summed E-state index contributed by atoms with van der Waals surface area (Å²) in [7, 11) is -3.61. The Hall–Kier alpha value is -2.63. The monoisotopic (exact) mass is 515 g/mol. The molecule has 1 saturated heterocycles. The lowest BCUT2D eigenvalue weighted by atomic mass is 10.1. The van der Waals surface area contributed by atoms with Crippen molar-refractivity contribution in [3.05, 3.63) is 42.1 Å². The van der Waals surface area contributed by atoms with Crippen LogP contribution in [0.4, 0.5) is 0 Å². The SMILES string of the molecule is CCC(CC)N1CCN(S(=O)(=O)c2ccc3c(c2)C2NC(c4ncnn4C(C)C)=CN2CCO3)CC1. The topological polar surface area (TPSA) is 95.8 Å². The third-order valence-electron chi connectivity index (χ3n) is 7.47. The molecule has 1 aromatic heterocycles. The highest BCUT2D eigenvalue weighted by Gasteiger charge is 2.35. The van der Waals surface area contributed by atoms with Crippen LogP contribution in [0.1, 0.15) is 64.1 Å². The number of sulfonamides is 1. The molecule has 10 nitrogen and oxygen atoms in total. The zero-order valence-electron chi connectivity index (χ0n) is 21.6. The molecular formula is C25H37N7O3S. The van der Waals surface area contributed by atoms with E-state index in [-0.39, 0.29) is 12.2 Å². The van der Waals surface area contributed by atoms with Crippen molar-refractivity contribution in [1.29, 1.82) is 0 Å². The van der Waals surface area contributed by atoms with Crippen molar-refractivity contribution < 1.29 is 13.2 Å². The van der Waals surface area contributed by atoms with Crippen molar-refractivity contribution in [2.24, 2.45) is 0 Å². The lowest BCUT2D eigenvalue weighted by Gasteiger charge is -2.38. The minimum Gasteiger partial charge on any atom is -0.491 e. The number of rotatable bonds is 7. The Morgan fingerprint density at radius 1 is 1.11 bits per heavy atom. The third-order valence-corrected chi connectivity index (χ3v) is 9.37. The molecule has 4 heterocycles. The number of hydrogen-bond donors (Lipinski definition) is 1. The minimum atomic E-state index is -3.61. The lowest BCUT2D eigenvalue weighted by molar-refractivity contribution is 0.130. The van der Waals surface area contributed by atoms with Crippen LogP contribution in [0.25, 0.3) is 5.70 Å². The van der Waals surface area contributed by atoms with Gasteiger partial charge in [-0.25, -0.2) is 18.1 Å². The van der Waals surface area contributed by atoms with E-state index in [1.807, 2.05) is 10.9 Å². The standard InChI is InChI=1S/C25H37N7O3S/c1-5-19(6-2)29-9-11-31(12-10-29)36(33,34)20-7-8-23-21(15-20)24-28-22(16-30(24)13-14-35-23)25-26-17-27-32(25)18(3)4/h7-8,15-19,24,28H,5-6,9-14H2,1-4H3. The number of nitrogens with one attached hydrogen (secondary N) is 1. The van der Waals surface area contributed by atoms with Crippen LogP contribution in [0.3, 0.4) is 0 Å². The summed E-state index contributed by atoms with van der Waals surface area (Å²) < 4.78 is 36.8. The van der Waals surface area contributed by atoms with E-state index in [4.69, 9.17) is 4.74 Å². The van der Waals surface area contributed by atoms with E-state index in [2.05, 4.69) is 52.9 Å². The summed E-state index contributed by atoms with van der Waals surface area (Å²) in [5.74, 6) is 1.46. The first-order chi connectivity index (χ1) is 17.3. The van der Waals surface area contributed by atoms with Gasteiger partial charge in [0.15, 0.2) is 5.82 Å². The smallest absolute Gasteiger partial charge is 0.243 e. The van der Waals surface area contributed by atoms with Crippen LogP contribution in [0.15, 0.2) is 35.6 Å². The molecule has 3 aliphatic rings. The maximum atomic E-state index is 13.6. The minimum absolute atomic E-state index is 0.170. The van der Waals surface area contributed by atoms with Crippen LogP contribution in [0.2, 0.25) is 0 Å². The van der Waals surface area contributed by atoms with Crippen molar-refractivity contribution in [2.45, 2.75) is 63.7 Å². The van der Waals surface area contributed by atoms with Gasteiger partial charge in [-0.05, 0) is 44.9 Å². The average molecular weight is 516 g/mol. The molecular weight excluding hydrogens is 478 g/mol. The molecule has 1 aromatic carbocycles. The molecule has 11 heteroatoms. The van der Waals surface area contributed by atoms with E-state index < -0.39 is 10.0 Å². The molecule has 2 aromatic rings. The second-order valence-corrected chi connectivity index (χ2v) is 11.8. The number of fused-ring (bicyclic) bond motifs is 3. The highest BCUT2D eigenvalue weighted by Crippen LogP contribution is 2.38. The van der Waals surface area contributed by atoms with E-state index in [1.54, 1.807) is 28.8 Å². The van der Waals surface area contributed by atoms with Gasteiger partial charge in [0.1, 0.15) is 24.8 Å². The van der Waals surface area contributed by atoms with E-state index in [0.29, 0.717) is 42.9 Å². The summed E-state index contributed by atoms with van der Waals surface area (Å²) in [6.45, 7) is 12.3. The number of benzene rings is 1. The average Bonchev–Trinajstić information content (AvgIpc) is 3.49. The van der Waals surface area contributed by atoms with Crippen molar-refractivity contribution in [2.75, 3.05) is 39.3 Å². The van der Waals surface area contributed by atoms with Gasteiger partial charge in [-0.2, -0.15) is 9.40 Å². The van der Waals surface area contributed by atoms with Gasteiger partial charge < -0.3 is 15.0 Å². The fourth-order valence-corrected chi connectivity index (χ4v) is 6.92. The summed E-state index contributed by atoms with van der Waals surface area (Å²) in [5.41, 5.74) is 1.68. The predicted octanol–water partition coefficient (Wildman–Crippen LogP) is 2.65. The Bertz CT molecular complexity index is 1210. The van der Waals surface area contributed by atoms with E-state index in [9.17, 15) is 8.42 Å². The van der Waals surface area contributed by atoms with E-state index in [0.717, 1.165) is 43.0 Å². The second-order valence-electron chi connectivity index (χ2n) is 9.91. The Balaban J connectivity index is 1.39. The van der Waals surface area contributed by atoms with Gasteiger partial charge in [0.2, 0.25) is 10.0 Å². The molecule has 0 aliphatic carbocycles. The molecule has 1 unspecified atom stereocenters. The van der Waals surface area contributed by atoms with Gasteiger partial charge in [0.25, 0.3) is 0 Å². The highest BCUT2D eigenvalue weighted by atomic mass is 32.2. The maximum Gasteiger partial charge on any atom is 0.243 e. The van der Waals surface area contributed by atoms with Crippen LogP contribution in [0, 0.1) is 0 Å². The van der Waals surface area contributed by atoms with Gasteiger partial charge in [-0.3, -0.25) is 4.90 Å². The number of hydrogen-bond acceptors (Lipinski definition) is 8. The van der Waals surface area contributed by atoms with Crippen molar-refractivity contribution in [3.63, 3.8) is 0 Å². The summed E-state index contributed by atoms with van der Waals surface area (Å²) >= 11 is 0. The number of piperazine rings is 1. The molecule has 1 atom stereocenters. The predicted molar refractivity (Wildman–Crippen MR) is 138 cm³/mol. The lowest BCUT2D eigenvalue weighted by Crippen LogP contribution is -2.51. The Morgan fingerprint density at radius 2 is 1.86 bits per heavy atom. The van der Waals surface area contributed by atoms with Crippen molar-refractivity contribution in [1.82, 2.24) is 34.2 Å². The molecule has 0 radical (unpaired) electrons. The number of ether oxygens (including phenoxy) is 1. The fraction of sp³-hybridized carbons (Fsp3) is 0.600. The Kier molecular flexibility index (Phi) is 6.97. The normalized spacial score (nSPS) is 21.1. The highest BCUT2D eigenvalue weighted by molar-refractivity contribution is 7.89. The number of aromatic nitrogens is 3. The van der Waals surface area contributed by atoms with Gasteiger partial charge in [0, 0.05) is 50.0 Å². The van der Waals surface area contributed by atoms with E-state index in [1.165, 1.54) is 0 Å². The van der Waals surface area contributed by atoms with Gasteiger partial charge >= 0.3 is 0 Å². The van der Waals surface area contributed by atoms with Crippen LogP contribution >= 0.6 is 0 Å². The summed E-state index contributed by atoms with van der Waals surface area (Å²) in [6, 6.07) is 5.93. The summed E-state index contributed by atoms with van der Waals surface area (Å²) in [4.78, 5) is 9.33. The molecule has 5 rings (SSSR count). The zero-order valence-corrected chi connectivity index (χ0v) is 22.4. The van der Waals surface area contributed by atoms with Gasteiger partial charge in [-0.15, -0.1) is 0 Å². The van der Waals surface area contributed by atoms with Crippen molar-refractivity contribution >= 4 is 15.7 Å². The zero-order chi connectivity index (χ0) is 25.4. The van der Waals surface area contributed by atoms with Crippen LogP contribution < -0.4 is 10.1 Å². The van der Waals surface area contributed by atoms with Gasteiger partial charge in [0.05, 0.1) is 17.1 Å². The third kappa shape index (κ3) is 4.48. The molecule has 1 fully saturated rings. The fourth-order valence-electron chi connectivity index (χ4n) is 5.46. The molecule has 1 N–H and O–H groups in total. The molecule has 3 aliphatic heterocycles. The second kappa shape index (κ2) is 10.0. The molecule has 0 bridgehead atoms. The molecule has 0 amide bonds. The quantitative estimate of drug-likeness (QED) is 0.601. The Labute approximate surface area is 214 Å². The first-order valence-electron chi connectivity index (χ1n) is 13.0. The van der Waals surface area contributed by atoms with Gasteiger partial charge in [-0.1, -0.05) is 13.8 Å². The van der Waals surface area contributed by atoms with E-state index >= 15 is 0 Å². The maximum absolute atomic E-state index is 13.6. The number of nitrogens with zero attached hydrogens (tertiary/aromatic N) is 6. The molecule has 196 valence electrons.